The Hall–Kier alpha value is -4.29. The Kier molecular flexibility index (Phi) is 7.80. The van der Waals surface area contributed by atoms with Gasteiger partial charge in [-0.2, -0.15) is 0 Å². The summed E-state index contributed by atoms with van der Waals surface area (Å²) in [4.78, 5) is 17.1. The molecule has 0 aliphatic carbocycles. The Morgan fingerprint density at radius 3 is 1.43 bits per heavy atom. The minimum atomic E-state index is -0.473. The molecule has 0 unspecified atom stereocenters. The van der Waals surface area contributed by atoms with Crippen LogP contribution in [0.1, 0.15) is 11.1 Å². The third-order valence-electron chi connectivity index (χ3n) is 6.04. The van der Waals surface area contributed by atoms with Crippen molar-refractivity contribution in [2.45, 2.75) is 0 Å². The Labute approximate surface area is 222 Å². The maximum Gasteiger partial charge on any atom is 0.288 e. The van der Waals surface area contributed by atoms with Crippen molar-refractivity contribution in [3.63, 3.8) is 0 Å². The van der Waals surface area contributed by atoms with E-state index in [0.717, 1.165) is 34.0 Å². The van der Waals surface area contributed by atoms with E-state index in [4.69, 9.17) is 11.6 Å². The van der Waals surface area contributed by atoms with Crippen molar-refractivity contribution >= 4 is 57.9 Å². The van der Waals surface area contributed by atoms with Crippen molar-refractivity contribution < 1.29 is 4.92 Å². The van der Waals surface area contributed by atoms with Crippen molar-refractivity contribution in [2.24, 2.45) is 0 Å². The van der Waals surface area contributed by atoms with E-state index in [9.17, 15) is 10.1 Å². The molecule has 0 radical (unpaired) electrons. The van der Waals surface area contributed by atoms with Crippen LogP contribution in [0.3, 0.4) is 0 Å². The molecule has 0 bridgehead atoms. The van der Waals surface area contributed by atoms with Gasteiger partial charge < -0.3 is 14.7 Å². The van der Waals surface area contributed by atoms with Crippen LogP contribution in [0.15, 0.2) is 91.0 Å². The lowest BCUT2D eigenvalue weighted by Gasteiger charge is -2.27. The Balaban J connectivity index is 1.65. The average Bonchev–Trinajstić information content (AvgIpc) is 2.89. The van der Waals surface area contributed by atoms with Gasteiger partial charge in [-0.25, -0.2) is 0 Å². The lowest BCUT2D eigenvalue weighted by Crippen LogP contribution is -2.12. The van der Waals surface area contributed by atoms with Gasteiger partial charge in [0.15, 0.2) is 0 Å². The third-order valence-corrected chi connectivity index (χ3v) is 6.35. The van der Waals surface area contributed by atoms with Gasteiger partial charge in [0.2, 0.25) is 0 Å². The summed E-state index contributed by atoms with van der Waals surface area (Å²) >= 11 is 5.93. The number of anilines is 5. The zero-order valence-corrected chi connectivity index (χ0v) is 22.1. The summed E-state index contributed by atoms with van der Waals surface area (Å²) in [6, 6.07) is 29.9. The second-order valence-corrected chi connectivity index (χ2v) is 9.46. The zero-order valence-electron chi connectivity index (χ0n) is 21.3. The highest BCUT2D eigenvalue weighted by Crippen LogP contribution is 2.36. The normalized spacial score (nSPS) is 10.9. The van der Waals surface area contributed by atoms with Crippen molar-refractivity contribution in [3.05, 3.63) is 117 Å². The number of rotatable bonds is 8. The van der Waals surface area contributed by atoms with Crippen LogP contribution in [-0.4, -0.2) is 33.1 Å². The van der Waals surface area contributed by atoms with Gasteiger partial charge in [-0.15, -0.1) is 0 Å². The maximum atomic E-state index is 11.2. The summed E-state index contributed by atoms with van der Waals surface area (Å²) in [7, 11) is 8.12. The van der Waals surface area contributed by atoms with Gasteiger partial charge in [0.25, 0.3) is 5.69 Å². The van der Waals surface area contributed by atoms with Crippen LogP contribution < -0.4 is 14.7 Å². The van der Waals surface area contributed by atoms with Gasteiger partial charge in [-0.1, -0.05) is 42.0 Å². The summed E-state index contributed by atoms with van der Waals surface area (Å²) in [5.74, 6) is 0. The van der Waals surface area contributed by atoms with E-state index in [1.54, 1.807) is 12.1 Å². The van der Waals surface area contributed by atoms with E-state index in [1.165, 1.54) is 6.07 Å². The number of nitrogens with zero attached hydrogens (tertiary/aromatic N) is 4. The molecular weight excluding hydrogens is 484 g/mol. The molecule has 0 saturated carbocycles. The van der Waals surface area contributed by atoms with Crippen molar-refractivity contribution in [3.8, 4) is 0 Å². The second-order valence-electron chi connectivity index (χ2n) is 9.05. The number of halogens is 1. The summed E-state index contributed by atoms with van der Waals surface area (Å²) in [6.45, 7) is 0. The highest BCUT2D eigenvalue weighted by atomic mass is 35.5. The van der Waals surface area contributed by atoms with Crippen LogP contribution in [0, 0.1) is 10.1 Å². The molecule has 7 heteroatoms. The molecule has 188 valence electrons. The highest BCUT2D eigenvalue weighted by molar-refractivity contribution is 6.32. The Morgan fingerprint density at radius 1 is 0.622 bits per heavy atom. The van der Waals surface area contributed by atoms with E-state index in [1.807, 2.05) is 52.5 Å². The molecular formula is C30H29ClN4O2. The molecule has 0 aliphatic rings. The van der Waals surface area contributed by atoms with Gasteiger partial charge in [0.1, 0.15) is 5.02 Å². The minimum absolute atomic E-state index is 0.102. The largest absolute Gasteiger partial charge is 0.378 e. The SMILES string of the molecule is CN(C)c1ccc(N(c2ccc(/C=C/c3ccc(Cl)c([N+](=O)[O-])c3)cc2)c2ccc(N(C)C)cc2)cc1. The van der Waals surface area contributed by atoms with E-state index >= 15 is 0 Å². The van der Waals surface area contributed by atoms with Gasteiger partial charge in [0.05, 0.1) is 4.92 Å². The first-order valence-electron chi connectivity index (χ1n) is 11.8. The predicted octanol–water partition coefficient (Wildman–Crippen LogP) is 8.02. The van der Waals surface area contributed by atoms with Crippen LogP contribution in [0.4, 0.5) is 34.1 Å². The second kappa shape index (κ2) is 11.2. The molecule has 0 aromatic heterocycles. The number of hydrogen-bond acceptors (Lipinski definition) is 5. The topological polar surface area (TPSA) is 52.9 Å². The standard InChI is InChI=1S/C30H29ClN4O2/c1-32(2)24-12-16-27(17-13-24)34(28-18-14-25(15-19-28)33(3)4)26-10-7-22(8-11-26)5-6-23-9-20-29(31)30(21-23)35(36)37/h5-21H,1-4H3/b6-5+. The van der Waals surface area contributed by atoms with Crippen molar-refractivity contribution in [2.75, 3.05) is 42.9 Å². The summed E-state index contributed by atoms with van der Waals surface area (Å²) < 4.78 is 0. The molecule has 0 atom stereocenters. The maximum absolute atomic E-state index is 11.2. The van der Waals surface area contributed by atoms with Crippen LogP contribution in [0.25, 0.3) is 12.2 Å². The fraction of sp³-hybridized carbons (Fsp3) is 0.133. The number of nitro groups is 1. The number of nitro benzene ring substituents is 1. The summed E-state index contributed by atoms with van der Waals surface area (Å²) in [6.07, 6.45) is 3.77. The average molecular weight is 513 g/mol. The minimum Gasteiger partial charge on any atom is -0.378 e. The number of benzene rings is 4. The molecule has 4 aromatic carbocycles. The molecule has 0 aliphatic heterocycles. The quantitative estimate of drug-likeness (QED) is 0.136. The molecule has 0 fully saturated rings. The van der Waals surface area contributed by atoms with E-state index in [2.05, 4.69) is 75.4 Å². The molecule has 0 heterocycles. The molecule has 4 rings (SSSR count). The number of hydrogen-bond donors (Lipinski definition) is 0. The van der Waals surface area contributed by atoms with Crippen LogP contribution in [-0.2, 0) is 0 Å². The lowest BCUT2D eigenvalue weighted by molar-refractivity contribution is -0.384. The molecule has 37 heavy (non-hydrogen) atoms. The van der Waals surface area contributed by atoms with E-state index < -0.39 is 4.92 Å². The fourth-order valence-corrected chi connectivity index (χ4v) is 4.13. The lowest BCUT2D eigenvalue weighted by atomic mass is 10.1. The van der Waals surface area contributed by atoms with Gasteiger partial charge >= 0.3 is 0 Å². The first-order valence-corrected chi connectivity index (χ1v) is 12.2. The Morgan fingerprint density at radius 2 is 1.00 bits per heavy atom. The van der Waals surface area contributed by atoms with Crippen LogP contribution in [0.2, 0.25) is 5.02 Å². The van der Waals surface area contributed by atoms with Gasteiger partial charge in [-0.05, 0) is 77.9 Å². The first-order chi connectivity index (χ1) is 17.7. The van der Waals surface area contributed by atoms with E-state index in [-0.39, 0.29) is 10.7 Å². The highest BCUT2D eigenvalue weighted by Gasteiger charge is 2.14. The van der Waals surface area contributed by atoms with Crippen molar-refractivity contribution in [1.29, 1.82) is 0 Å². The molecule has 0 N–H and O–H groups in total. The zero-order chi connectivity index (χ0) is 26.5. The predicted molar refractivity (Wildman–Crippen MR) is 157 cm³/mol. The molecule has 0 saturated heterocycles. The van der Waals surface area contributed by atoms with Gasteiger partial charge in [0, 0.05) is 62.7 Å². The summed E-state index contributed by atoms with van der Waals surface area (Å²) in [5, 5.41) is 11.3. The molecule has 0 amide bonds. The Bertz CT molecular complexity index is 1350. The molecule has 4 aromatic rings. The van der Waals surface area contributed by atoms with Crippen molar-refractivity contribution in [1.82, 2.24) is 0 Å². The summed E-state index contributed by atoms with van der Waals surface area (Å²) in [5.41, 5.74) is 6.99. The van der Waals surface area contributed by atoms with Crippen LogP contribution in [0.5, 0.6) is 0 Å². The monoisotopic (exact) mass is 512 g/mol. The smallest absolute Gasteiger partial charge is 0.288 e. The first kappa shape index (κ1) is 25.8. The molecule has 6 nitrogen and oxygen atoms in total. The van der Waals surface area contributed by atoms with E-state index in [0.29, 0.717) is 5.56 Å². The van der Waals surface area contributed by atoms with Gasteiger partial charge in [-0.3, -0.25) is 10.1 Å². The third kappa shape index (κ3) is 6.11. The molecule has 0 spiro atoms. The fourth-order valence-electron chi connectivity index (χ4n) is 3.95. The van der Waals surface area contributed by atoms with Crippen LogP contribution >= 0.6 is 11.6 Å².